The average molecular weight is 620 g/mol. The highest BCUT2D eigenvalue weighted by atomic mass is 32.2. The van der Waals surface area contributed by atoms with Crippen LogP contribution in [0.25, 0.3) is 22.0 Å². The van der Waals surface area contributed by atoms with Gasteiger partial charge in [-0.3, -0.25) is 4.72 Å². The van der Waals surface area contributed by atoms with E-state index in [1.807, 2.05) is 13.0 Å². The third-order valence-corrected chi connectivity index (χ3v) is 9.57. The summed E-state index contributed by atoms with van der Waals surface area (Å²) in [4.78, 5) is 12.2. The van der Waals surface area contributed by atoms with Crippen LogP contribution in [-0.4, -0.2) is 68.7 Å². The largest absolute Gasteiger partial charge is 0.488 e. The maximum atomic E-state index is 14.3. The standard InChI is InChI=1S/C27H27F2N5O6S2/c1-16-21-10-17(12-24(26(21)32-15-31-16)40-20-6-8-34(9-7-20)41(3,35)36)18-11-23(27(39-2)30-14-18)33-42(37,38)25-5-4-19(28)13-22(25)29/h4-5,10-15,20,33H,6-9H2,1-3H3. The fraction of sp³-hybridized carbons (Fsp3) is 0.296. The first-order valence-corrected chi connectivity index (χ1v) is 16.1. The second kappa shape index (κ2) is 11.4. The molecule has 0 spiro atoms. The van der Waals surface area contributed by atoms with Gasteiger partial charge in [-0.2, -0.15) is 0 Å². The van der Waals surface area contributed by atoms with Crippen molar-refractivity contribution >= 4 is 36.6 Å². The third-order valence-electron chi connectivity index (χ3n) is 6.87. The zero-order chi connectivity index (χ0) is 30.2. The fourth-order valence-electron chi connectivity index (χ4n) is 4.72. The number of methoxy groups -OCH3 is 1. The number of nitrogens with one attached hydrogen (secondary N) is 1. The van der Waals surface area contributed by atoms with Gasteiger partial charge in [0.1, 0.15) is 45.9 Å². The number of aromatic nitrogens is 3. The van der Waals surface area contributed by atoms with E-state index in [-0.39, 0.29) is 17.7 Å². The smallest absolute Gasteiger partial charge is 0.264 e. The topological polar surface area (TPSA) is 141 Å². The number of hydrogen-bond acceptors (Lipinski definition) is 9. The number of aryl methyl sites for hydroxylation is 1. The molecule has 1 aliphatic rings. The van der Waals surface area contributed by atoms with Crippen LogP contribution in [0.2, 0.25) is 0 Å². The number of hydrogen-bond donors (Lipinski definition) is 1. The second-order valence-corrected chi connectivity index (χ2v) is 13.4. The molecule has 222 valence electrons. The molecule has 1 saturated heterocycles. The van der Waals surface area contributed by atoms with E-state index in [1.165, 1.54) is 36.3 Å². The van der Waals surface area contributed by atoms with Crippen molar-refractivity contribution in [3.05, 3.63) is 66.3 Å². The summed E-state index contributed by atoms with van der Waals surface area (Å²) in [7, 11) is -6.47. The summed E-state index contributed by atoms with van der Waals surface area (Å²) < 4.78 is 92.8. The molecule has 3 heterocycles. The van der Waals surface area contributed by atoms with Crippen LogP contribution in [0, 0.1) is 18.6 Å². The molecule has 0 amide bonds. The molecule has 0 aliphatic carbocycles. The number of ether oxygens (including phenoxy) is 2. The molecule has 0 saturated carbocycles. The van der Waals surface area contributed by atoms with Crippen LogP contribution in [0.1, 0.15) is 18.5 Å². The zero-order valence-electron chi connectivity index (χ0n) is 22.8. The molecule has 0 unspecified atom stereocenters. The first-order valence-electron chi connectivity index (χ1n) is 12.7. The van der Waals surface area contributed by atoms with Crippen LogP contribution < -0.4 is 14.2 Å². The maximum Gasteiger partial charge on any atom is 0.264 e. The van der Waals surface area contributed by atoms with E-state index in [2.05, 4.69) is 19.7 Å². The summed E-state index contributed by atoms with van der Waals surface area (Å²) in [5.41, 5.74) is 2.22. The summed E-state index contributed by atoms with van der Waals surface area (Å²) in [6.45, 7) is 2.47. The quantitative estimate of drug-likeness (QED) is 0.311. The molecular weight excluding hydrogens is 592 g/mol. The van der Waals surface area contributed by atoms with Crippen LogP contribution in [0.5, 0.6) is 11.6 Å². The van der Waals surface area contributed by atoms with E-state index in [4.69, 9.17) is 9.47 Å². The maximum absolute atomic E-state index is 14.3. The molecule has 1 fully saturated rings. The van der Waals surface area contributed by atoms with E-state index in [0.29, 0.717) is 65.5 Å². The highest BCUT2D eigenvalue weighted by Crippen LogP contribution is 2.36. The molecule has 5 rings (SSSR count). The Balaban J connectivity index is 1.52. The summed E-state index contributed by atoms with van der Waals surface area (Å²) >= 11 is 0. The number of sulfonamides is 2. The predicted octanol–water partition coefficient (Wildman–Crippen LogP) is 3.89. The number of fused-ring (bicyclic) bond motifs is 1. The minimum atomic E-state index is -4.48. The second-order valence-electron chi connectivity index (χ2n) is 9.77. The number of pyridine rings is 1. The minimum absolute atomic E-state index is 0.0701. The SMILES string of the molecule is COc1ncc(-c2cc(OC3CCN(S(C)(=O)=O)CC3)c3ncnc(C)c3c2)cc1NS(=O)(=O)c1ccc(F)cc1F. The highest BCUT2D eigenvalue weighted by Gasteiger charge is 2.27. The lowest BCUT2D eigenvalue weighted by molar-refractivity contribution is 0.137. The van der Waals surface area contributed by atoms with Crippen molar-refractivity contribution in [2.24, 2.45) is 0 Å². The van der Waals surface area contributed by atoms with Gasteiger partial charge in [0.15, 0.2) is 0 Å². The first kappa shape index (κ1) is 29.5. The molecule has 0 radical (unpaired) electrons. The Morgan fingerprint density at radius 2 is 1.71 bits per heavy atom. The summed E-state index contributed by atoms with van der Waals surface area (Å²) in [6, 6.07) is 7.17. The molecule has 1 N–H and O–H groups in total. The molecule has 11 nitrogen and oxygen atoms in total. The summed E-state index contributed by atoms with van der Waals surface area (Å²) in [6.07, 6.45) is 4.78. The lowest BCUT2D eigenvalue weighted by atomic mass is 10.0. The van der Waals surface area contributed by atoms with Gasteiger partial charge in [-0.05, 0) is 55.7 Å². The van der Waals surface area contributed by atoms with Gasteiger partial charge in [0.2, 0.25) is 15.9 Å². The van der Waals surface area contributed by atoms with Gasteiger partial charge < -0.3 is 9.47 Å². The van der Waals surface area contributed by atoms with Crippen molar-refractivity contribution in [1.29, 1.82) is 0 Å². The number of benzene rings is 2. The van der Waals surface area contributed by atoms with E-state index in [9.17, 15) is 25.6 Å². The van der Waals surface area contributed by atoms with Gasteiger partial charge in [0.25, 0.3) is 10.0 Å². The monoisotopic (exact) mass is 619 g/mol. The summed E-state index contributed by atoms with van der Waals surface area (Å²) in [5, 5.41) is 0.685. The van der Waals surface area contributed by atoms with Crippen LogP contribution >= 0.6 is 0 Å². The van der Waals surface area contributed by atoms with E-state index in [0.717, 1.165) is 12.1 Å². The molecule has 0 atom stereocenters. The van der Waals surface area contributed by atoms with E-state index in [1.54, 1.807) is 6.07 Å². The molecule has 2 aromatic heterocycles. The molecular formula is C27H27F2N5O6S2. The Morgan fingerprint density at radius 1 is 0.976 bits per heavy atom. The Labute approximate surface area is 241 Å². The van der Waals surface area contributed by atoms with Crippen LogP contribution in [-0.2, 0) is 20.0 Å². The molecule has 2 aromatic carbocycles. The van der Waals surface area contributed by atoms with Crippen molar-refractivity contribution in [3.8, 4) is 22.8 Å². The molecule has 1 aliphatic heterocycles. The van der Waals surface area contributed by atoms with E-state index < -0.39 is 36.6 Å². The normalized spacial score (nSPS) is 15.1. The molecule has 0 bridgehead atoms. The van der Waals surface area contributed by atoms with Crippen molar-refractivity contribution in [2.45, 2.75) is 30.8 Å². The van der Waals surface area contributed by atoms with Crippen LogP contribution in [0.3, 0.4) is 0 Å². The Morgan fingerprint density at radius 3 is 2.38 bits per heavy atom. The number of nitrogens with zero attached hydrogens (tertiary/aromatic N) is 4. The van der Waals surface area contributed by atoms with Gasteiger partial charge >= 0.3 is 0 Å². The zero-order valence-corrected chi connectivity index (χ0v) is 24.5. The predicted molar refractivity (Wildman–Crippen MR) is 151 cm³/mol. The van der Waals surface area contributed by atoms with Crippen LogP contribution in [0.4, 0.5) is 14.5 Å². The van der Waals surface area contributed by atoms with Gasteiger partial charge in [-0.25, -0.2) is 44.9 Å². The average Bonchev–Trinajstić information content (AvgIpc) is 2.93. The number of anilines is 1. The molecule has 4 aromatic rings. The number of halogens is 2. The Bertz CT molecular complexity index is 1880. The molecule has 15 heteroatoms. The van der Waals surface area contributed by atoms with Crippen LogP contribution in [0.15, 0.2) is 53.8 Å². The van der Waals surface area contributed by atoms with Gasteiger partial charge in [0, 0.05) is 42.0 Å². The Kier molecular flexibility index (Phi) is 8.00. The van der Waals surface area contributed by atoms with Crippen molar-refractivity contribution in [2.75, 3.05) is 31.2 Å². The first-order chi connectivity index (χ1) is 19.9. The lowest BCUT2D eigenvalue weighted by Crippen LogP contribution is -2.41. The minimum Gasteiger partial charge on any atom is -0.488 e. The van der Waals surface area contributed by atoms with E-state index >= 15 is 0 Å². The number of rotatable bonds is 8. The number of piperidine rings is 1. The third kappa shape index (κ3) is 6.12. The lowest BCUT2D eigenvalue weighted by Gasteiger charge is -2.30. The van der Waals surface area contributed by atoms with Crippen molar-refractivity contribution in [3.63, 3.8) is 0 Å². The fourth-order valence-corrected chi connectivity index (χ4v) is 6.70. The summed E-state index contributed by atoms with van der Waals surface area (Å²) in [5.74, 6) is -1.79. The van der Waals surface area contributed by atoms with Gasteiger partial charge in [-0.1, -0.05) is 0 Å². The van der Waals surface area contributed by atoms with Gasteiger partial charge in [0.05, 0.1) is 13.4 Å². The van der Waals surface area contributed by atoms with Gasteiger partial charge in [-0.15, -0.1) is 0 Å². The van der Waals surface area contributed by atoms with Crippen molar-refractivity contribution < 1.29 is 35.1 Å². The molecule has 42 heavy (non-hydrogen) atoms. The highest BCUT2D eigenvalue weighted by molar-refractivity contribution is 7.92. The Hall–Kier alpha value is -3.95. The van der Waals surface area contributed by atoms with Crippen molar-refractivity contribution in [1.82, 2.24) is 19.3 Å².